The summed E-state index contributed by atoms with van der Waals surface area (Å²) in [6, 6.07) is 35.6. The number of rotatable bonds is 4. The summed E-state index contributed by atoms with van der Waals surface area (Å²) in [5, 5.41) is 0. The van der Waals surface area contributed by atoms with E-state index in [1.807, 2.05) is 12.2 Å². The van der Waals surface area contributed by atoms with E-state index >= 15 is 0 Å². The number of benzene rings is 4. The second-order valence-electron chi connectivity index (χ2n) is 8.74. The number of hydrogen-bond donors (Lipinski definition) is 0. The van der Waals surface area contributed by atoms with Crippen molar-refractivity contribution in [3.05, 3.63) is 156 Å². The van der Waals surface area contributed by atoms with Crippen molar-refractivity contribution in [2.45, 2.75) is 6.42 Å². The molecule has 0 aliphatic heterocycles. The van der Waals surface area contributed by atoms with Gasteiger partial charge in [-0.3, -0.25) is 0 Å². The monoisotopic (exact) mass is 984 g/mol. The Morgan fingerprint density at radius 3 is 0.842 bits per heavy atom. The van der Waals surface area contributed by atoms with Crippen molar-refractivity contribution >= 4 is 113 Å². The molecule has 0 bridgehead atoms. The molecule has 0 saturated heterocycles. The maximum atomic E-state index is 4.14. The molecule has 0 heterocycles. The third kappa shape index (κ3) is 6.76. The molecule has 5 heteroatoms. The third-order valence-electron chi connectivity index (χ3n) is 6.24. The van der Waals surface area contributed by atoms with E-state index < -0.39 is 0 Å². The van der Waals surface area contributed by atoms with E-state index in [0.717, 1.165) is 10.9 Å². The van der Waals surface area contributed by atoms with Crippen molar-refractivity contribution in [1.29, 1.82) is 0 Å². The average Bonchev–Trinajstić information content (AvgIpc) is 3.39. The van der Waals surface area contributed by atoms with E-state index in [2.05, 4.69) is 209 Å². The second-order valence-corrected chi connectivity index (χ2v) is 14.4. The molecule has 0 nitrogen and oxygen atoms in total. The van der Waals surface area contributed by atoms with E-state index in [4.69, 9.17) is 0 Å². The van der Waals surface area contributed by atoms with Crippen LogP contribution in [0.25, 0.3) is 22.3 Å². The van der Waals surface area contributed by atoms with Gasteiger partial charge in [-0.2, -0.15) is 0 Å². The first-order valence-electron chi connectivity index (χ1n) is 11.9. The summed E-state index contributed by atoms with van der Waals surface area (Å²) in [4.78, 5) is 0. The number of allylic oxidation sites excluding steroid dienone is 8. The van der Waals surface area contributed by atoms with Crippen LogP contribution in [0.4, 0.5) is 0 Å². The van der Waals surface area contributed by atoms with Crippen LogP contribution in [0.3, 0.4) is 0 Å². The topological polar surface area (TPSA) is 0 Å². The summed E-state index contributed by atoms with van der Waals surface area (Å²) < 4.78 is 6.15. The quantitative estimate of drug-likeness (QED) is 0.179. The van der Waals surface area contributed by atoms with Gasteiger partial charge in [-0.25, -0.2) is 0 Å². The zero-order valence-corrected chi connectivity index (χ0v) is 29.7. The van der Waals surface area contributed by atoms with Crippen LogP contribution >= 0.6 is 90.4 Å². The van der Waals surface area contributed by atoms with E-state index in [0.29, 0.717) is 0 Å². The van der Waals surface area contributed by atoms with Gasteiger partial charge in [0.1, 0.15) is 0 Å². The molecule has 0 radical (unpaired) electrons. The first-order valence-corrected chi connectivity index (χ1v) is 16.8. The van der Waals surface area contributed by atoms with Crippen molar-refractivity contribution in [3.8, 4) is 0 Å². The molecule has 0 N–H and O–H groups in total. The fourth-order valence-electron chi connectivity index (χ4n) is 4.47. The Morgan fingerprint density at radius 1 is 0.421 bits per heavy atom. The van der Waals surface area contributed by atoms with Crippen molar-refractivity contribution in [2.75, 3.05) is 0 Å². The van der Waals surface area contributed by atoms with Crippen molar-refractivity contribution in [2.24, 2.45) is 0 Å². The molecule has 0 saturated carbocycles. The summed E-state index contributed by atoms with van der Waals surface area (Å²) in [5.74, 6) is 0. The van der Waals surface area contributed by atoms with Crippen LogP contribution in [0.1, 0.15) is 28.7 Å². The molecular formula is C33H21CoI4. The first-order chi connectivity index (χ1) is 18.4. The average molecular weight is 984 g/mol. The van der Waals surface area contributed by atoms with E-state index in [-0.39, 0.29) is 0 Å². The van der Waals surface area contributed by atoms with Gasteiger partial charge in [0.2, 0.25) is 0 Å². The van der Waals surface area contributed by atoms with Crippen molar-refractivity contribution in [1.82, 2.24) is 0 Å². The molecule has 4 aromatic carbocycles. The number of halogens is 4. The predicted octanol–water partition coefficient (Wildman–Crippen LogP) is 11.0. The van der Waals surface area contributed by atoms with Gasteiger partial charge >= 0.3 is 44.9 Å². The Bertz CT molecular complexity index is 1350. The van der Waals surface area contributed by atoms with Crippen LogP contribution in [0.15, 0.2) is 120 Å². The van der Waals surface area contributed by atoms with Crippen LogP contribution in [0.2, 0.25) is 0 Å². The molecule has 0 fully saturated rings. The summed E-state index contributed by atoms with van der Waals surface area (Å²) in [5.41, 5.74) is 10.4. The van der Waals surface area contributed by atoms with Crippen LogP contribution in [-0.2, 0) is 15.7 Å². The Balaban J connectivity index is 0.000000433. The van der Waals surface area contributed by atoms with Gasteiger partial charge < -0.3 is 0 Å². The third-order valence-corrected chi connectivity index (χ3v) is 9.50. The molecule has 6 rings (SSSR count). The molecule has 2 aliphatic rings. The van der Waals surface area contributed by atoms with Gasteiger partial charge in [-0.15, -0.1) is 0 Å². The standard InChI is InChI=1S/C28H16I4.C5H5.Co/c29-21-9-1-17(2-10-21)25-26(18-3-11-22(30)12-4-18)28(20-7-15-24(32)16-8-20)27(25)19-5-13-23(31)14-6-19;1-2-4-5-3-1;/h1-16H;1-3H,4H2;. The van der Waals surface area contributed by atoms with Gasteiger partial charge in [0, 0.05) is 14.3 Å². The molecule has 0 amide bonds. The summed E-state index contributed by atoms with van der Waals surface area (Å²) >= 11 is 13.6. The SMILES string of the molecule is Ic1ccc(C2=C(c3ccc(I)cc3)C(c3ccc(I)cc3)=C2c2ccc(I)cc2)cc1.[Co][C]1=CC=CC1. The minimum atomic E-state index is 1.03. The predicted molar refractivity (Wildman–Crippen MR) is 192 cm³/mol. The molecule has 38 heavy (non-hydrogen) atoms. The molecular weight excluding hydrogens is 963 g/mol. The van der Waals surface area contributed by atoms with Gasteiger partial charge in [-0.1, -0.05) is 48.5 Å². The van der Waals surface area contributed by atoms with Gasteiger partial charge in [-0.05, 0) is 183 Å². The van der Waals surface area contributed by atoms with Crippen LogP contribution in [-0.4, -0.2) is 0 Å². The second kappa shape index (κ2) is 13.3. The first kappa shape index (κ1) is 28.8. The summed E-state index contributed by atoms with van der Waals surface area (Å²) in [7, 11) is 0. The van der Waals surface area contributed by atoms with Gasteiger partial charge in [0.05, 0.1) is 0 Å². The Kier molecular flexibility index (Phi) is 10.1. The van der Waals surface area contributed by atoms with E-state index in [1.165, 1.54) is 58.8 Å². The number of hydrogen-bond acceptors (Lipinski definition) is 0. The van der Waals surface area contributed by atoms with Crippen molar-refractivity contribution in [3.63, 3.8) is 0 Å². The van der Waals surface area contributed by atoms with Gasteiger partial charge in [0.15, 0.2) is 0 Å². The molecule has 0 spiro atoms. The normalized spacial score (nSPS) is 14.2. The molecule has 0 unspecified atom stereocenters. The molecule has 0 atom stereocenters. The molecule has 0 aromatic heterocycles. The molecule has 2 aliphatic carbocycles. The minimum absolute atomic E-state index is 1.03. The van der Waals surface area contributed by atoms with Crippen LogP contribution in [0.5, 0.6) is 0 Å². The fraction of sp³-hybridized carbons (Fsp3) is 0.0303. The Hall–Kier alpha value is -0.734. The fourth-order valence-corrected chi connectivity index (χ4v) is 6.13. The Labute approximate surface area is 287 Å². The summed E-state index contributed by atoms with van der Waals surface area (Å²) in [6.07, 6.45) is 7.13. The zero-order valence-electron chi connectivity index (χ0n) is 20.0. The zero-order chi connectivity index (χ0) is 26.6. The van der Waals surface area contributed by atoms with Crippen LogP contribution in [0, 0.1) is 14.3 Å². The van der Waals surface area contributed by atoms with E-state index in [9.17, 15) is 0 Å². The molecule has 190 valence electrons. The Morgan fingerprint density at radius 2 is 0.684 bits per heavy atom. The van der Waals surface area contributed by atoms with Crippen molar-refractivity contribution < 1.29 is 15.7 Å². The molecule has 4 aromatic rings. The maximum absolute atomic E-state index is 4.14. The summed E-state index contributed by atoms with van der Waals surface area (Å²) in [6.45, 7) is 0. The van der Waals surface area contributed by atoms with E-state index in [1.54, 1.807) is 0 Å². The van der Waals surface area contributed by atoms with Gasteiger partial charge in [0.25, 0.3) is 0 Å². The van der Waals surface area contributed by atoms with Crippen LogP contribution < -0.4 is 0 Å².